The van der Waals surface area contributed by atoms with E-state index in [1.54, 1.807) is 0 Å². The fraction of sp³-hybridized carbons (Fsp3) is 0.556. The molecule has 0 bridgehead atoms. The first-order valence-corrected chi connectivity index (χ1v) is 8.98. The summed E-state index contributed by atoms with van der Waals surface area (Å²) in [6, 6.07) is 7.86. The van der Waals surface area contributed by atoms with Gasteiger partial charge in [0.25, 0.3) is 0 Å². The molecule has 0 spiro atoms. The first kappa shape index (κ1) is 17.7. The Balaban J connectivity index is 1.49. The van der Waals surface area contributed by atoms with E-state index in [2.05, 4.69) is 26.5 Å². The fourth-order valence-corrected chi connectivity index (χ4v) is 3.09. The van der Waals surface area contributed by atoms with Crippen molar-refractivity contribution in [2.45, 2.75) is 12.8 Å². The molecule has 1 saturated heterocycles. The summed E-state index contributed by atoms with van der Waals surface area (Å²) in [5, 5.41) is 5.28. The highest BCUT2D eigenvalue weighted by Crippen LogP contribution is 2.30. The van der Waals surface area contributed by atoms with Crippen LogP contribution in [-0.2, 0) is 9.59 Å². The summed E-state index contributed by atoms with van der Waals surface area (Å²) in [6.45, 7) is 5.28. The van der Waals surface area contributed by atoms with Gasteiger partial charge in [0.1, 0.15) is 0 Å². The maximum Gasteiger partial charge on any atom is 0.243 e. The molecule has 4 N–H and O–H groups in total. The standard InChI is InChI=1S/C18H27N5O2/c19-11-17(24)20-12-18(25)21-15-2-1-3-16(10-15)23-8-6-22(7-9-23)13-14-4-5-14/h1-3,10,14H,4-9,11-13,19H2,(H,20,24)(H,21,25). The average Bonchev–Trinajstić information content (AvgIpc) is 3.44. The van der Waals surface area contributed by atoms with Crippen LogP contribution in [0.3, 0.4) is 0 Å². The molecule has 7 heteroatoms. The quantitative estimate of drug-likeness (QED) is 0.658. The monoisotopic (exact) mass is 345 g/mol. The molecule has 136 valence electrons. The van der Waals surface area contributed by atoms with Gasteiger partial charge in [-0.3, -0.25) is 14.5 Å². The number of nitrogens with one attached hydrogen (secondary N) is 2. The minimum absolute atomic E-state index is 0.0693. The first-order valence-electron chi connectivity index (χ1n) is 8.98. The van der Waals surface area contributed by atoms with Crippen LogP contribution >= 0.6 is 0 Å². The zero-order valence-electron chi connectivity index (χ0n) is 14.5. The summed E-state index contributed by atoms with van der Waals surface area (Å²) in [7, 11) is 0. The number of hydrogen-bond acceptors (Lipinski definition) is 5. The van der Waals surface area contributed by atoms with Crippen molar-refractivity contribution in [3.8, 4) is 0 Å². The topological polar surface area (TPSA) is 90.7 Å². The number of rotatable bonds is 7. The van der Waals surface area contributed by atoms with Crippen LogP contribution in [0.4, 0.5) is 11.4 Å². The SMILES string of the molecule is NCC(=O)NCC(=O)Nc1cccc(N2CCN(CC3CC3)CC2)c1. The van der Waals surface area contributed by atoms with E-state index < -0.39 is 0 Å². The van der Waals surface area contributed by atoms with Gasteiger partial charge in [-0.2, -0.15) is 0 Å². The number of carbonyl (C=O) groups is 2. The fourth-order valence-electron chi connectivity index (χ4n) is 3.09. The lowest BCUT2D eigenvalue weighted by atomic mass is 10.2. The molecule has 0 aromatic heterocycles. The lowest BCUT2D eigenvalue weighted by Gasteiger charge is -2.36. The molecule has 1 aliphatic carbocycles. The van der Waals surface area contributed by atoms with Gasteiger partial charge in [-0.15, -0.1) is 0 Å². The second kappa shape index (κ2) is 8.31. The Bertz CT molecular complexity index is 609. The highest BCUT2D eigenvalue weighted by molar-refractivity contribution is 5.95. The van der Waals surface area contributed by atoms with Crippen LogP contribution in [0, 0.1) is 5.92 Å². The lowest BCUT2D eigenvalue weighted by molar-refractivity contribution is -0.123. The highest BCUT2D eigenvalue weighted by atomic mass is 16.2. The number of anilines is 2. The second-order valence-electron chi connectivity index (χ2n) is 6.81. The summed E-state index contributed by atoms with van der Waals surface area (Å²) < 4.78 is 0. The third-order valence-corrected chi connectivity index (χ3v) is 4.71. The van der Waals surface area contributed by atoms with Crippen LogP contribution in [0.25, 0.3) is 0 Å². The Morgan fingerprint density at radius 3 is 2.56 bits per heavy atom. The van der Waals surface area contributed by atoms with Crippen LogP contribution in [0.5, 0.6) is 0 Å². The molecule has 1 aliphatic heterocycles. The maximum absolute atomic E-state index is 11.9. The molecule has 0 atom stereocenters. The van der Waals surface area contributed by atoms with Gasteiger partial charge in [-0.1, -0.05) is 6.07 Å². The second-order valence-corrected chi connectivity index (χ2v) is 6.81. The number of amides is 2. The highest BCUT2D eigenvalue weighted by Gasteiger charge is 2.26. The zero-order valence-corrected chi connectivity index (χ0v) is 14.5. The van der Waals surface area contributed by atoms with E-state index in [4.69, 9.17) is 5.73 Å². The van der Waals surface area contributed by atoms with Gasteiger partial charge in [0, 0.05) is 44.1 Å². The van der Waals surface area contributed by atoms with Gasteiger partial charge in [0.05, 0.1) is 13.1 Å². The summed E-state index contributed by atoms with van der Waals surface area (Å²) in [5.74, 6) is 0.339. The van der Waals surface area contributed by atoms with Crippen molar-refractivity contribution in [1.29, 1.82) is 0 Å². The van der Waals surface area contributed by atoms with Gasteiger partial charge < -0.3 is 21.3 Å². The average molecular weight is 345 g/mol. The number of carbonyl (C=O) groups excluding carboxylic acids is 2. The molecule has 2 amide bonds. The molecule has 0 radical (unpaired) electrons. The van der Waals surface area contributed by atoms with E-state index >= 15 is 0 Å². The molecule has 1 heterocycles. The van der Waals surface area contributed by atoms with E-state index in [0.717, 1.165) is 43.5 Å². The lowest BCUT2D eigenvalue weighted by Crippen LogP contribution is -2.47. The molecule has 1 saturated carbocycles. The summed E-state index contributed by atoms with van der Waals surface area (Å²) >= 11 is 0. The largest absolute Gasteiger partial charge is 0.369 e. The van der Waals surface area contributed by atoms with E-state index in [9.17, 15) is 9.59 Å². The summed E-state index contributed by atoms with van der Waals surface area (Å²) in [6.07, 6.45) is 2.79. The molecule has 3 rings (SSSR count). The molecule has 2 aliphatic rings. The molecule has 7 nitrogen and oxygen atoms in total. The van der Waals surface area contributed by atoms with Gasteiger partial charge >= 0.3 is 0 Å². The first-order chi connectivity index (χ1) is 12.1. The molecular weight excluding hydrogens is 318 g/mol. The third-order valence-electron chi connectivity index (χ3n) is 4.71. The van der Waals surface area contributed by atoms with Crippen LogP contribution in [-0.4, -0.2) is 62.5 Å². The van der Waals surface area contributed by atoms with E-state index in [1.807, 2.05) is 18.2 Å². The normalized spacial score (nSPS) is 18.0. The van der Waals surface area contributed by atoms with Crippen LogP contribution < -0.4 is 21.3 Å². The Labute approximate surface area is 148 Å². The minimum atomic E-state index is -0.340. The number of nitrogens with zero attached hydrogens (tertiary/aromatic N) is 2. The molecule has 1 aromatic rings. The Morgan fingerprint density at radius 2 is 1.88 bits per heavy atom. The van der Waals surface area contributed by atoms with Crippen molar-refractivity contribution < 1.29 is 9.59 Å². The molecule has 25 heavy (non-hydrogen) atoms. The Kier molecular flexibility index (Phi) is 5.88. The Morgan fingerprint density at radius 1 is 1.12 bits per heavy atom. The predicted molar refractivity (Wildman–Crippen MR) is 98.5 cm³/mol. The number of benzene rings is 1. The van der Waals surface area contributed by atoms with E-state index in [1.165, 1.54) is 19.4 Å². The number of nitrogens with two attached hydrogens (primary N) is 1. The molecule has 0 unspecified atom stereocenters. The van der Waals surface area contributed by atoms with Crippen LogP contribution in [0.1, 0.15) is 12.8 Å². The molecule has 1 aromatic carbocycles. The number of hydrogen-bond donors (Lipinski definition) is 3. The van der Waals surface area contributed by atoms with Crippen molar-refractivity contribution in [3.05, 3.63) is 24.3 Å². The van der Waals surface area contributed by atoms with Gasteiger partial charge in [-0.05, 0) is 37.0 Å². The Hall–Kier alpha value is -2.12. The van der Waals surface area contributed by atoms with Gasteiger partial charge in [0.15, 0.2) is 0 Å². The van der Waals surface area contributed by atoms with Crippen molar-refractivity contribution in [2.75, 3.05) is 56.0 Å². The summed E-state index contributed by atoms with van der Waals surface area (Å²) in [5.41, 5.74) is 7.06. The minimum Gasteiger partial charge on any atom is -0.369 e. The third kappa shape index (κ3) is 5.44. The van der Waals surface area contributed by atoms with Crippen LogP contribution in [0.2, 0.25) is 0 Å². The zero-order chi connectivity index (χ0) is 17.6. The van der Waals surface area contributed by atoms with E-state index in [-0.39, 0.29) is 24.9 Å². The maximum atomic E-state index is 11.9. The van der Waals surface area contributed by atoms with Crippen molar-refractivity contribution in [3.63, 3.8) is 0 Å². The van der Waals surface area contributed by atoms with E-state index in [0.29, 0.717) is 0 Å². The number of piperazine rings is 1. The van der Waals surface area contributed by atoms with Crippen molar-refractivity contribution >= 4 is 23.2 Å². The van der Waals surface area contributed by atoms with Crippen LogP contribution in [0.15, 0.2) is 24.3 Å². The predicted octanol–water partition coefficient (Wildman–Crippen LogP) is 0.232. The molecular formula is C18H27N5O2. The van der Waals surface area contributed by atoms with Gasteiger partial charge in [-0.25, -0.2) is 0 Å². The van der Waals surface area contributed by atoms with Crippen molar-refractivity contribution in [2.24, 2.45) is 11.7 Å². The van der Waals surface area contributed by atoms with Gasteiger partial charge in [0.2, 0.25) is 11.8 Å². The smallest absolute Gasteiger partial charge is 0.243 e. The molecule has 2 fully saturated rings. The summed E-state index contributed by atoms with van der Waals surface area (Å²) in [4.78, 5) is 27.9. The van der Waals surface area contributed by atoms with Crippen molar-refractivity contribution in [1.82, 2.24) is 10.2 Å².